The Morgan fingerprint density at radius 2 is 1.84 bits per heavy atom. The first-order valence-corrected chi connectivity index (χ1v) is 17.5. The van der Waals surface area contributed by atoms with Gasteiger partial charge in [0, 0.05) is 25.8 Å². The molecule has 3 fully saturated rings. The molecule has 2 N–H and O–H groups in total. The molecule has 0 radical (unpaired) electrons. The van der Waals surface area contributed by atoms with E-state index in [1.54, 1.807) is 67.8 Å². The third-order valence-corrected chi connectivity index (χ3v) is 10.3. The van der Waals surface area contributed by atoms with Crippen LogP contribution in [-0.4, -0.2) is 97.5 Å². The molecular formula is C39H49N3O9. The predicted molar refractivity (Wildman–Crippen MR) is 190 cm³/mol. The summed E-state index contributed by atoms with van der Waals surface area (Å²) in [5.74, 6) is -3.20. The number of carbonyl (C=O) groups excluding carboxylic acids is 4. The number of anilines is 1. The fourth-order valence-corrected chi connectivity index (χ4v) is 7.93. The molecule has 0 aromatic heterocycles. The Kier molecular flexibility index (Phi) is 12.3. The molecule has 12 heteroatoms. The Morgan fingerprint density at radius 3 is 2.45 bits per heavy atom. The van der Waals surface area contributed by atoms with Crippen LogP contribution in [0.1, 0.15) is 50.7 Å². The van der Waals surface area contributed by atoms with Crippen molar-refractivity contribution in [1.29, 1.82) is 0 Å². The van der Waals surface area contributed by atoms with Crippen molar-refractivity contribution < 1.29 is 43.2 Å². The maximum Gasteiger partial charge on any atom is 0.313 e. The average Bonchev–Trinajstić information content (AvgIpc) is 3.80. The van der Waals surface area contributed by atoms with Gasteiger partial charge in [-0.05, 0) is 55.5 Å². The summed E-state index contributed by atoms with van der Waals surface area (Å²) in [7, 11) is 3.05. The number of nitrogens with zero attached hydrogens (tertiary/aromatic N) is 2. The van der Waals surface area contributed by atoms with E-state index in [9.17, 15) is 24.3 Å². The topological polar surface area (TPSA) is 144 Å². The summed E-state index contributed by atoms with van der Waals surface area (Å²) in [4.78, 5) is 59.7. The molecule has 3 saturated heterocycles. The van der Waals surface area contributed by atoms with Crippen LogP contribution < -0.4 is 15.0 Å². The summed E-state index contributed by atoms with van der Waals surface area (Å²) < 4.78 is 23.7. The largest absolute Gasteiger partial charge is 0.497 e. The number of aliphatic hydroxyl groups is 1. The molecule has 1 spiro atoms. The van der Waals surface area contributed by atoms with E-state index >= 15 is 0 Å². The number of allylic oxidation sites excluding steroid dienone is 1. The highest BCUT2D eigenvalue weighted by molar-refractivity contribution is 6.05. The van der Waals surface area contributed by atoms with E-state index in [2.05, 4.69) is 18.5 Å². The summed E-state index contributed by atoms with van der Waals surface area (Å²) in [5, 5.41) is 13.4. The first-order valence-electron chi connectivity index (χ1n) is 17.5. The highest BCUT2D eigenvalue weighted by Crippen LogP contribution is 2.59. The van der Waals surface area contributed by atoms with E-state index in [4.69, 9.17) is 18.9 Å². The number of likely N-dealkylation sites (tertiary alicyclic amines) is 1. The smallest absolute Gasteiger partial charge is 0.313 e. The van der Waals surface area contributed by atoms with Gasteiger partial charge in [0.25, 0.3) is 5.91 Å². The summed E-state index contributed by atoms with van der Waals surface area (Å²) in [6, 6.07) is 13.5. The van der Waals surface area contributed by atoms with Gasteiger partial charge in [-0.1, -0.05) is 49.4 Å². The van der Waals surface area contributed by atoms with Gasteiger partial charge in [-0.3, -0.25) is 19.2 Å². The van der Waals surface area contributed by atoms with Crippen molar-refractivity contribution in [2.24, 2.45) is 11.8 Å². The molecule has 274 valence electrons. The fourth-order valence-electron chi connectivity index (χ4n) is 7.93. The lowest BCUT2D eigenvalue weighted by molar-refractivity contribution is -0.163. The van der Waals surface area contributed by atoms with Gasteiger partial charge in [-0.15, -0.1) is 13.2 Å². The van der Waals surface area contributed by atoms with Gasteiger partial charge >= 0.3 is 5.97 Å². The second kappa shape index (κ2) is 16.7. The Hall–Kier alpha value is -4.52. The second-order valence-electron chi connectivity index (χ2n) is 13.2. The van der Waals surface area contributed by atoms with Crippen LogP contribution in [0.25, 0.3) is 0 Å². The van der Waals surface area contributed by atoms with E-state index in [0.717, 1.165) is 0 Å². The molecule has 0 aliphatic carbocycles. The first-order chi connectivity index (χ1) is 24.7. The van der Waals surface area contributed by atoms with E-state index in [-0.39, 0.29) is 32.1 Å². The molecule has 3 aliphatic heterocycles. The standard InChI is InChI=1S/C39H49N3O9/c1-6-9-15-31(44)40-29(24-48-4)34(25-13-11-10-12-14-25)50-38(47)32-30-20-21-39(51-30)33(32)36(45)42(26(8-3)23-43)35(39)37(46)41(22-7-2)27-16-18-28(49-5)19-17-27/h6-7,10-14,16-19,26,29-30,32-35,43H,1-2,8-9,15,20-24H2,3-5H3,(H,40,44)/t26-,29+,30+,32-,33-,34+,35+,39-/m0/s1. The lowest BCUT2D eigenvalue weighted by Crippen LogP contribution is -2.59. The molecule has 0 unspecified atom stereocenters. The maximum absolute atomic E-state index is 14.8. The number of carbonyl (C=O) groups is 4. The van der Waals surface area contributed by atoms with E-state index in [0.29, 0.717) is 42.7 Å². The number of hydrogen-bond acceptors (Lipinski definition) is 9. The van der Waals surface area contributed by atoms with Crippen molar-refractivity contribution >= 4 is 29.4 Å². The quantitative estimate of drug-likeness (QED) is 0.175. The van der Waals surface area contributed by atoms with Crippen LogP contribution in [0.3, 0.4) is 0 Å². The third kappa shape index (κ3) is 7.31. The molecule has 2 aromatic rings. The number of ether oxygens (including phenoxy) is 4. The number of amides is 3. The molecule has 0 saturated carbocycles. The van der Waals surface area contributed by atoms with Gasteiger partial charge in [0.2, 0.25) is 11.8 Å². The van der Waals surface area contributed by atoms with Crippen LogP contribution in [0.4, 0.5) is 5.69 Å². The molecule has 2 bridgehead atoms. The zero-order valence-electron chi connectivity index (χ0n) is 29.6. The van der Waals surface area contributed by atoms with Gasteiger partial charge in [0.15, 0.2) is 0 Å². The maximum atomic E-state index is 14.8. The van der Waals surface area contributed by atoms with Crippen LogP contribution in [-0.2, 0) is 33.4 Å². The Morgan fingerprint density at radius 1 is 1.12 bits per heavy atom. The van der Waals surface area contributed by atoms with Crippen LogP contribution in [0.2, 0.25) is 0 Å². The molecular weight excluding hydrogens is 654 g/mol. The molecule has 2 aromatic carbocycles. The Balaban J connectivity index is 1.51. The minimum atomic E-state index is -1.33. The highest BCUT2D eigenvalue weighted by Gasteiger charge is 2.75. The number of methoxy groups -OCH3 is 2. The molecule has 3 aliphatic rings. The molecule has 51 heavy (non-hydrogen) atoms. The van der Waals surface area contributed by atoms with Gasteiger partial charge in [-0.25, -0.2) is 0 Å². The lowest BCUT2D eigenvalue weighted by atomic mass is 9.70. The van der Waals surface area contributed by atoms with Crippen molar-refractivity contribution in [1.82, 2.24) is 10.2 Å². The van der Waals surface area contributed by atoms with Gasteiger partial charge in [0.05, 0.1) is 50.3 Å². The summed E-state index contributed by atoms with van der Waals surface area (Å²) in [5.41, 5.74) is -0.128. The highest BCUT2D eigenvalue weighted by atomic mass is 16.6. The van der Waals surface area contributed by atoms with E-state index in [1.165, 1.54) is 16.9 Å². The van der Waals surface area contributed by atoms with Crippen LogP contribution >= 0.6 is 0 Å². The van der Waals surface area contributed by atoms with Gasteiger partial charge in [0.1, 0.15) is 23.5 Å². The zero-order chi connectivity index (χ0) is 36.7. The van der Waals surface area contributed by atoms with Gasteiger partial charge < -0.3 is 39.2 Å². The van der Waals surface area contributed by atoms with Crippen molar-refractivity contribution in [3.8, 4) is 5.75 Å². The molecule has 8 atom stereocenters. The molecule has 3 heterocycles. The first kappa shape index (κ1) is 37.7. The normalized spacial score (nSPS) is 25.0. The predicted octanol–water partition coefficient (Wildman–Crippen LogP) is 3.74. The van der Waals surface area contributed by atoms with Crippen LogP contribution in [0.15, 0.2) is 79.9 Å². The number of esters is 1. The number of aliphatic hydroxyl groups excluding tert-OH is 1. The number of benzene rings is 2. The summed E-state index contributed by atoms with van der Waals surface area (Å²) in [6.07, 6.45) is 3.46. The van der Waals surface area contributed by atoms with Crippen LogP contribution in [0, 0.1) is 11.8 Å². The van der Waals surface area contributed by atoms with E-state index in [1.807, 2.05) is 13.0 Å². The number of rotatable bonds is 18. The average molecular weight is 704 g/mol. The minimum absolute atomic E-state index is 0.0487. The Bertz CT molecular complexity index is 1560. The van der Waals surface area contributed by atoms with E-state index < -0.39 is 65.6 Å². The monoisotopic (exact) mass is 703 g/mol. The van der Waals surface area contributed by atoms with Crippen molar-refractivity contribution in [2.75, 3.05) is 38.9 Å². The second-order valence-corrected chi connectivity index (χ2v) is 13.2. The summed E-state index contributed by atoms with van der Waals surface area (Å²) >= 11 is 0. The van der Waals surface area contributed by atoms with Crippen molar-refractivity contribution in [3.05, 3.63) is 85.5 Å². The molecule has 5 rings (SSSR count). The third-order valence-electron chi connectivity index (χ3n) is 10.3. The number of hydrogen-bond donors (Lipinski definition) is 2. The van der Waals surface area contributed by atoms with Crippen molar-refractivity contribution in [2.45, 2.75) is 75.0 Å². The Labute approximate surface area is 299 Å². The van der Waals surface area contributed by atoms with Crippen molar-refractivity contribution in [3.63, 3.8) is 0 Å². The SMILES string of the molecule is C=CCCC(=O)N[C@H](COC)[C@H](OC(=O)[C@@H]1[C@H]2C(=O)N([C@@H](CC)CO)[C@H](C(=O)N(CC=C)c3ccc(OC)cc3)[C@]23CC[C@H]1O3)c1ccccc1. The fraction of sp³-hybridized carbons (Fsp3) is 0.487. The molecule has 3 amide bonds. The zero-order valence-corrected chi connectivity index (χ0v) is 29.6. The summed E-state index contributed by atoms with van der Waals surface area (Å²) in [6.45, 7) is 9.20. The number of fused-ring (bicyclic) bond motifs is 1. The molecule has 12 nitrogen and oxygen atoms in total. The minimum Gasteiger partial charge on any atom is -0.497 e. The van der Waals surface area contributed by atoms with Crippen LogP contribution in [0.5, 0.6) is 5.75 Å². The number of nitrogens with one attached hydrogen (secondary N) is 1. The van der Waals surface area contributed by atoms with Gasteiger partial charge in [-0.2, -0.15) is 0 Å². The lowest BCUT2D eigenvalue weighted by Gasteiger charge is -2.39.